The maximum absolute atomic E-state index is 12.3. The lowest BCUT2D eigenvalue weighted by molar-refractivity contribution is -0.121. The van der Waals surface area contributed by atoms with E-state index in [0.717, 1.165) is 22.9 Å². The number of carbonyl (C=O) groups is 2. The highest BCUT2D eigenvalue weighted by Gasteiger charge is 2.29. The van der Waals surface area contributed by atoms with Crippen molar-refractivity contribution in [1.29, 1.82) is 5.26 Å². The Bertz CT molecular complexity index is 993. The molecule has 0 bridgehead atoms. The fourth-order valence-corrected chi connectivity index (χ4v) is 3.99. The first-order valence-corrected chi connectivity index (χ1v) is 10.1. The van der Waals surface area contributed by atoms with Crippen molar-refractivity contribution in [3.63, 3.8) is 0 Å². The number of hydrogen-bond acceptors (Lipinski definition) is 5. The average molecular weight is 407 g/mol. The van der Waals surface area contributed by atoms with Crippen LogP contribution in [0, 0.1) is 18.3 Å². The number of rotatable bonds is 6. The van der Waals surface area contributed by atoms with Crippen LogP contribution in [0.4, 0.5) is 5.69 Å². The summed E-state index contributed by atoms with van der Waals surface area (Å²) < 4.78 is 5.17. The van der Waals surface area contributed by atoms with E-state index < -0.39 is 0 Å². The summed E-state index contributed by atoms with van der Waals surface area (Å²) >= 11 is 1.16. The molecule has 0 saturated carbocycles. The van der Waals surface area contributed by atoms with Crippen molar-refractivity contribution >= 4 is 29.3 Å². The number of allylic oxidation sites excluding steroid dienone is 1. The van der Waals surface area contributed by atoms with Gasteiger partial charge in [0.1, 0.15) is 5.75 Å². The van der Waals surface area contributed by atoms with Gasteiger partial charge < -0.3 is 15.4 Å². The summed E-state index contributed by atoms with van der Waals surface area (Å²) in [5.74, 6) is 0.0721. The summed E-state index contributed by atoms with van der Waals surface area (Å²) in [4.78, 5) is 24.5. The van der Waals surface area contributed by atoms with Crippen molar-refractivity contribution in [3.8, 4) is 11.8 Å². The first-order chi connectivity index (χ1) is 14.0. The van der Waals surface area contributed by atoms with Gasteiger partial charge in [-0.25, -0.2) is 0 Å². The van der Waals surface area contributed by atoms with Crippen molar-refractivity contribution in [2.24, 2.45) is 0 Å². The Morgan fingerprint density at radius 1 is 1.31 bits per heavy atom. The third-order valence-corrected chi connectivity index (χ3v) is 5.54. The van der Waals surface area contributed by atoms with E-state index in [1.807, 2.05) is 43.3 Å². The topological polar surface area (TPSA) is 91.2 Å². The number of methoxy groups -OCH3 is 1. The van der Waals surface area contributed by atoms with E-state index in [1.165, 1.54) is 0 Å². The first-order valence-electron chi connectivity index (χ1n) is 9.07. The molecule has 1 heterocycles. The van der Waals surface area contributed by atoms with Crippen molar-refractivity contribution in [2.75, 3.05) is 18.2 Å². The number of nitriles is 1. The lowest BCUT2D eigenvalue weighted by Crippen LogP contribution is -2.31. The van der Waals surface area contributed by atoms with Gasteiger partial charge in [0.25, 0.3) is 0 Å². The summed E-state index contributed by atoms with van der Waals surface area (Å²) in [6.07, 6.45) is 0.189. The molecule has 1 aliphatic rings. The fraction of sp³-hybridized carbons (Fsp3) is 0.227. The highest BCUT2D eigenvalue weighted by atomic mass is 32.2. The van der Waals surface area contributed by atoms with Crippen LogP contribution in [0.5, 0.6) is 5.75 Å². The van der Waals surface area contributed by atoms with E-state index in [1.54, 1.807) is 19.2 Å². The van der Waals surface area contributed by atoms with Crippen LogP contribution in [-0.2, 0) is 9.59 Å². The molecule has 2 aromatic carbocycles. The average Bonchev–Trinajstić information content (AvgIpc) is 2.72. The predicted molar refractivity (Wildman–Crippen MR) is 113 cm³/mol. The monoisotopic (exact) mass is 407 g/mol. The van der Waals surface area contributed by atoms with Crippen LogP contribution in [0.25, 0.3) is 0 Å². The van der Waals surface area contributed by atoms with Gasteiger partial charge in [-0.2, -0.15) is 5.26 Å². The minimum absolute atomic E-state index is 0.0874. The molecule has 1 aliphatic heterocycles. The molecule has 2 N–H and O–H groups in total. The van der Waals surface area contributed by atoms with Gasteiger partial charge in [0.15, 0.2) is 0 Å². The number of carbonyl (C=O) groups excluding carboxylic acids is 2. The minimum Gasteiger partial charge on any atom is -0.497 e. The highest BCUT2D eigenvalue weighted by molar-refractivity contribution is 8.03. The van der Waals surface area contributed by atoms with Crippen LogP contribution in [0.2, 0.25) is 0 Å². The first kappa shape index (κ1) is 20.5. The molecule has 29 heavy (non-hydrogen) atoms. The van der Waals surface area contributed by atoms with Gasteiger partial charge in [0, 0.05) is 18.0 Å². The van der Waals surface area contributed by atoms with Crippen LogP contribution in [0.1, 0.15) is 23.5 Å². The molecule has 2 aromatic rings. The number of hydrogen-bond donors (Lipinski definition) is 2. The third-order valence-electron chi connectivity index (χ3n) is 4.52. The molecule has 3 rings (SSSR count). The number of amides is 2. The number of benzene rings is 2. The van der Waals surface area contributed by atoms with Gasteiger partial charge in [-0.3, -0.25) is 9.59 Å². The molecule has 0 radical (unpaired) electrons. The van der Waals surface area contributed by atoms with Crippen molar-refractivity contribution in [1.82, 2.24) is 5.32 Å². The minimum atomic E-state index is -0.345. The van der Waals surface area contributed by atoms with Gasteiger partial charge in [-0.15, -0.1) is 0 Å². The molecular weight excluding hydrogens is 386 g/mol. The molecule has 7 heteroatoms. The number of nitrogens with zero attached hydrogens (tertiary/aromatic N) is 1. The summed E-state index contributed by atoms with van der Waals surface area (Å²) in [7, 11) is 1.58. The molecular formula is C22H21N3O3S. The molecule has 0 fully saturated rings. The van der Waals surface area contributed by atoms with Gasteiger partial charge in [0.05, 0.1) is 29.5 Å². The van der Waals surface area contributed by atoms with Crippen LogP contribution in [0.15, 0.2) is 59.1 Å². The Balaban J connectivity index is 1.74. The largest absolute Gasteiger partial charge is 0.497 e. The van der Waals surface area contributed by atoms with Gasteiger partial charge >= 0.3 is 0 Å². The van der Waals surface area contributed by atoms with E-state index >= 15 is 0 Å². The number of anilines is 1. The molecule has 0 spiro atoms. The molecule has 6 nitrogen and oxygen atoms in total. The molecule has 0 aliphatic carbocycles. The zero-order valence-electron chi connectivity index (χ0n) is 16.2. The van der Waals surface area contributed by atoms with Crippen molar-refractivity contribution in [2.45, 2.75) is 19.3 Å². The quantitative estimate of drug-likeness (QED) is 0.762. The Labute approximate surface area is 173 Å². The number of thioether (sulfide) groups is 1. The zero-order valence-corrected chi connectivity index (χ0v) is 17.0. The van der Waals surface area contributed by atoms with E-state index in [2.05, 4.69) is 16.7 Å². The smallest absolute Gasteiger partial charge is 0.234 e. The lowest BCUT2D eigenvalue weighted by atomic mass is 9.87. The third kappa shape index (κ3) is 5.18. The molecule has 0 saturated heterocycles. The summed E-state index contributed by atoms with van der Waals surface area (Å²) in [6, 6.07) is 17.0. The molecule has 1 atom stereocenters. The summed E-state index contributed by atoms with van der Waals surface area (Å²) in [6.45, 7) is 1.95. The zero-order chi connectivity index (χ0) is 20.8. The number of ether oxygens (including phenoxy) is 1. The summed E-state index contributed by atoms with van der Waals surface area (Å²) in [5, 5.41) is 15.7. The Morgan fingerprint density at radius 3 is 2.72 bits per heavy atom. The van der Waals surface area contributed by atoms with E-state index in [9.17, 15) is 14.9 Å². The van der Waals surface area contributed by atoms with Gasteiger partial charge in [-0.05, 0) is 42.3 Å². The Morgan fingerprint density at radius 2 is 2.07 bits per heavy atom. The second-order valence-corrected chi connectivity index (χ2v) is 7.62. The maximum Gasteiger partial charge on any atom is 0.234 e. The molecule has 1 unspecified atom stereocenters. The predicted octanol–water partition coefficient (Wildman–Crippen LogP) is 3.71. The van der Waals surface area contributed by atoms with Crippen molar-refractivity contribution < 1.29 is 14.3 Å². The van der Waals surface area contributed by atoms with Gasteiger partial charge in [0.2, 0.25) is 11.8 Å². The maximum atomic E-state index is 12.3. The fourth-order valence-electron chi connectivity index (χ4n) is 3.11. The van der Waals surface area contributed by atoms with Crippen LogP contribution >= 0.6 is 11.8 Å². The molecule has 0 aromatic heterocycles. The van der Waals surface area contributed by atoms with E-state index in [0.29, 0.717) is 22.0 Å². The SMILES string of the molecule is COc1ccc(C2CC(=O)NC(SCC(=O)Nc3cccc(C)c3)=C2C#N)cc1. The highest BCUT2D eigenvalue weighted by Crippen LogP contribution is 2.36. The van der Waals surface area contributed by atoms with Crippen LogP contribution in [-0.4, -0.2) is 24.7 Å². The lowest BCUT2D eigenvalue weighted by Gasteiger charge is -2.25. The van der Waals surface area contributed by atoms with Crippen molar-refractivity contribution in [3.05, 3.63) is 70.3 Å². The second kappa shape index (κ2) is 9.30. The number of nitrogens with one attached hydrogen (secondary N) is 2. The second-order valence-electron chi connectivity index (χ2n) is 6.64. The van der Waals surface area contributed by atoms with Crippen LogP contribution in [0.3, 0.4) is 0 Å². The molecule has 2 amide bonds. The Kier molecular flexibility index (Phi) is 6.57. The van der Waals surface area contributed by atoms with Crippen LogP contribution < -0.4 is 15.4 Å². The molecule has 148 valence electrons. The normalized spacial score (nSPS) is 16.0. The standard InChI is InChI=1S/C22H21N3O3S/c1-14-4-3-5-16(10-14)24-21(27)13-29-22-19(12-23)18(11-20(26)25-22)15-6-8-17(28-2)9-7-15/h3-10,18H,11,13H2,1-2H3,(H,24,27)(H,25,26). The summed E-state index contributed by atoms with van der Waals surface area (Å²) in [5.41, 5.74) is 3.09. The Hall–Kier alpha value is -3.24. The van der Waals surface area contributed by atoms with Gasteiger partial charge in [-0.1, -0.05) is 36.0 Å². The van der Waals surface area contributed by atoms with E-state index in [-0.39, 0.29) is 29.9 Å². The number of aryl methyl sites for hydroxylation is 1. The van der Waals surface area contributed by atoms with E-state index in [4.69, 9.17) is 4.74 Å².